The van der Waals surface area contributed by atoms with Gasteiger partial charge in [0.2, 0.25) is 0 Å². The molecule has 0 spiro atoms. The lowest BCUT2D eigenvalue weighted by Gasteiger charge is -2.17. The first kappa shape index (κ1) is 12.5. The van der Waals surface area contributed by atoms with Crippen molar-refractivity contribution in [2.75, 3.05) is 0 Å². The minimum absolute atomic E-state index is 0.334. The van der Waals surface area contributed by atoms with E-state index in [1.807, 2.05) is 32.9 Å². The van der Waals surface area contributed by atoms with Gasteiger partial charge in [0.05, 0.1) is 0 Å². The van der Waals surface area contributed by atoms with Crippen molar-refractivity contribution in [3.05, 3.63) is 28.8 Å². The normalized spacial score (nSPS) is 12.1. The SMILES string of the molecule is Cc1cc(C)c(OC(C)C(=O)NN)c(C)c1. The number of carbonyl (C=O) groups is 1. The number of amides is 1. The minimum atomic E-state index is -0.592. The Hall–Kier alpha value is -1.55. The fourth-order valence-corrected chi connectivity index (χ4v) is 1.70. The molecular formula is C12H18N2O2. The summed E-state index contributed by atoms with van der Waals surface area (Å²) < 4.78 is 5.59. The van der Waals surface area contributed by atoms with Crippen LogP contribution in [0.3, 0.4) is 0 Å². The van der Waals surface area contributed by atoms with E-state index in [1.165, 1.54) is 5.56 Å². The molecule has 0 bridgehead atoms. The molecule has 0 aromatic heterocycles. The molecule has 0 aliphatic rings. The molecule has 3 N–H and O–H groups in total. The van der Waals surface area contributed by atoms with Gasteiger partial charge in [-0.25, -0.2) is 5.84 Å². The van der Waals surface area contributed by atoms with Crippen LogP contribution in [0, 0.1) is 20.8 Å². The molecule has 1 amide bonds. The molecule has 16 heavy (non-hydrogen) atoms. The number of hydrogen-bond donors (Lipinski definition) is 2. The van der Waals surface area contributed by atoms with Gasteiger partial charge in [-0.05, 0) is 38.8 Å². The standard InChI is InChI=1S/C12H18N2O2/c1-7-5-8(2)11(9(3)6-7)16-10(4)12(15)14-13/h5-6,10H,13H2,1-4H3,(H,14,15). The van der Waals surface area contributed by atoms with Crippen molar-refractivity contribution in [2.24, 2.45) is 5.84 Å². The van der Waals surface area contributed by atoms with E-state index in [4.69, 9.17) is 10.6 Å². The Morgan fingerprint density at radius 3 is 2.25 bits per heavy atom. The molecule has 1 unspecified atom stereocenters. The number of carbonyl (C=O) groups excluding carboxylic acids is 1. The summed E-state index contributed by atoms with van der Waals surface area (Å²) in [4.78, 5) is 11.2. The summed E-state index contributed by atoms with van der Waals surface area (Å²) in [5.41, 5.74) is 5.30. The molecule has 0 saturated carbocycles. The maximum atomic E-state index is 11.2. The van der Waals surface area contributed by atoms with Gasteiger partial charge in [0.1, 0.15) is 5.75 Å². The van der Waals surface area contributed by atoms with E-state index in [0.29, 0.717) is 0 Å². The van der Waals surface area contributed by atoms with Gasteiger partial charge >= 0.3 is 0 Å². The molecule has 4 nitrogen and oxygen atoms in total. The third-order valence-electron chi connectivity index (χ3n) is 2.41. The maximum absolute atomic E-state index is 11.2. The highest BCUT2D eigenvalue weighted by Gasteiger charge is 2.15. The van der Waals surface area contributed by atoms with Gasteiger partial charge in [0, 0.05) is 0 Å². The van der Waals surface area contributed by atoms with Crippen LogP contribution in [0.5, 0.6) is 5.75 Å². The van der Waals surface area contributed by atoms with Crippen LogP contribution in [0.25, 0.3) is 0 Å². The van der Waals surface area contributed by atoms with Crippen LogP contribution in [-0.2, 0) is 4.79 Å². The van der Waals surface area contributed by atoms with Crippen LogP contribution >= 0.6 is 0 Å². The largest absolute Gasteiger partial charge is 0.480 e. The molecule has 0 saturated heterocycles. The van der Waals surface area contributed by atoms with Crippen molar-refractivity contribution >= 4 is 5.91 Å². The quantitative estimate of drug-likeness (QED) is 0.461. The van der Waals surface area contributed by atoms with Crippen LogP contribution in [0.1, 0.15) is 23.6 Å². The van der Waals surface area contributed by atoms with Crippen LogP contribution in [0.4, 0.5) is 0 Å². The van der Waals surface area contributed by atoms with Gasteiger partial charge in [0.15, 0.2) is 6.10 Å². The van der Waals surface area contributed by atoms with Crippen molar-refractivity contribution in [1.29, 1.82) is 0 Å². The molecule has 0 aliphatic heterocycles. The molecule has 0 heterocycles. The Bertz CT molecular complexity index is 379. The van der Waals surface area contributed by atoms with Crippen LogP contribution < -0.4 is 16.0 Å². The average molecular weight is 222 g/mol. The van der Waals surface area contributed by atoms with E-state index in [0.717, 1.165) is 16.9 Å². The van der Waals surface area contributed by atoms with Crippen molar-refractivity contribution in [1.82, 2.24) is 5.43 Å². The van der Waals surface area contributed by atoms with E-state index < -0.39 is 6.10 Å². The third kappa shape index (κ3) is 2.73. The Labute approximate surface area is 95.8 Å². The van der Waals surface area contributed by atoms with Crippen LogP contribution in [-0.4, -0.2) is 12.0 Å². The Kier molecular flexibility index (Phi) is 3.90. The van der Waals surface area contributed by atoms with E-state index in [-0.39, 0.29) is 5.91 Å². The van der Waals surface area contributed by atoms with Gasteiger partial charge < -0.3 is 4.74 Å². The van der Waals surface area contributed by atoms with Crippen molar-refractivity contribution < 1.29 is 9.53 Å². The number of rotatable bonds is 3. The summed E-state index contributed by atoms with van der Waals surface area (Å²) in [5.74, 6) is 5.46. The van der Waals surface area contributed by atoms with E-state index in [2.05, 4.69) is 5.43 Å². The topological polar surface area (TPSA) is 64.3 Å². The second-order valence-corrected chi connectivity index (χ2v) is 4.00. The molecule has 4 heteroatoms. The molecule has 0 aliphatic carbocycles. The fourth-order valence-electron chi connectivity index (χ4n) is 1.70. The molecule has 1 atom stereocenters. The first-order chi connectivity index (χ1) is 7.45. The summed E-state index contributed by atoms with van der Waals surface area (Å²) in [5, 5.41) is 0. The molecular weight excluding hydrogens is 204 g/mol. The minimum Gasteiger partial charge on any atom is -0.480 e. The highest BCUT2D eigenvalue weighted by molar-refractivity contribution is 5.80. The fraction of sp³-hybridized carbons (Fsp3) is 0.417. The highest BCUT2D eigenvalue weighted by Crippen LogP contribution is 2.25. The zero-order valence-electron chi connectivity index (χ0n) is 10.1. The second kappa shape index (κ2) is 4.99. The smallest absolute Gasteiger partial charge is 0.274 e. The molecule has 0 fully saturated rings. The van der Waals surface area contributed by atoms with E-state index >= 15 is 0 Å². The summed E-state index contributed by atoms with van der Waals surface area (Å²) >= 11 is 0. The lowest BCUT2D eigenvalue weighted by molar-refractivity contribution is -0.127. The Balaban J connectivity index is 2.93. The monoisotopic (exact) mass is 222 g/mol. The number of ether oxygens (including phenoxy) is 1. The van der Waals surface area contributed by atoms with Gasteiger partial charge in [-0.3, -0.25) is 10.2 Å². The summed E-state index contributed by atoms with van der Waals surface area (Å²) in [6, 6.07) is 4.05. The maximum Gasteiger partial charge on any atom is 0.274 e. The third-order valence-corrected chi connectivity index (χ3v) is 2.41. The molecule has 0 radical (unpaired) electrons. The molecule has 1 aromatic rings. The Morgan fingerprint density at radius 2 is 1.81 bits per heavy atom. The number of hydrazine groups is 1. The van der Waals surface area contributed by atoms with Gasteiger partial charge in [-0.1, -0.05) is 17.7 Å². The predicted molar refractivity (Wildman–Crippen MR) is 63.1 cm³/mol. The number of benzene rings is 1. The average Bonchev–Trinajstić information content (AvgIpc) is 2.21. The second-order valence-electron chi connectivity index (χ2n) is 4.00. The van der Waals surface area contributed by atoms with Crippen molar-refractivity contribution in [2.45, 2.75) is 33.8 Å². The van der Waals surface area contributed by atoms with Crippen LogP contribution in [0.2, 0.25) is 0 Å². The number of hydrogen-bond acceptors (Lipinski definition) is 3. The number of nitrogens with one attached hydrogen (secondary N) is 1. The summed E-state index contributed by atoms with van der Waals surface area (Å²) in [6.45, 7) is 7.62. The van der Waals surface area contributed by atoms with Gasteiger partial charge in [-0.2, -0.15) is 0 Å². The predicted octanol–water partition coefficient (Wildman–Crippen LogP) is 1.37. The highest BCUT2D eigenvalue weighted by atomic mass is 16.5. The summed E-state index contributed by atoms with van der Waals surface area (Å²) in [7, 11) is 0. The van der Waals surface area contributed by atoms with E-state index in [9.17, 15) is 4.79 Å². The molecule has 1 rings (SSSR count). The van der Waals surface area contributed by atoms with E-state index in [1.54, 1.807) is 6.92 Å². The first-order valence-corrected chi connectivity index (χ1v) is 5.20. The zero-order valence-corrected chi connectivity index (χ0v) is 10.1. The summed E-state index contributed by atoms with van der Waals surface area (Å²) in [6.07, 6.45) is -0.592. The lowest BCUT2D eigenvalue weighted by atomic mass is 10.1. The molecule has 1 aromatic carbocycles. The van der Waals surface area contributed by atoms with Crippen molar-refractivity contribution in [3.63, 3.8) is 0 Å². The van der Waals surface area contributed by atoms with Crippen molar-refractivity contribution in [3.8, 4) is 5.75 Å². The first-order valence-electron chi connectivity index (χ1n) is 5.20. The Morgan fingerprint density at radius 1 is 1.31 bits per heavy atom. The van der Waals surface area contributed by atoms with Gasteiger partial charge in [0.25, 0.3) is 5.91 Å². The lowest BCUT2D eigenvalue weighted by Crippen LogP contribution is -2.40. The number of aryl methyl sites for hydroxylation is 3. The zero-order chi connectivity index (χ0) is 12.3. The van der Waals surface area contributed by atoms with Gasteiger partial charge in [-0.15, -0.1) is 0 Å². The number of nitrogens with two attached hydrogens (primary N) is 1. The van der Waals surface area contributed by atoms with Crippen LogP contribution in [0.15, 0.2) is 12.1 Å². The molecule has 88 valence electrons.